The number of urea groups is 1. The Morgan fingerprint density at radius 2 is 2.13 bits per heavy atom. The first-order chi connectivity index (χ1) is 7.15. The van der Waals surface area contributed by atoms with Gasteiger partial charge in [0.25, 0.3) is 0 Å². The molecule has 4 heteroatoms. The lowest BCUT2D eigenvalue weighted by Crippen LogP contribution is -2.52. The van der Waals surface area contributed by atoms with E-state index in [1.54, 1.807) is 4.90 Å². The van der Waals surface area contributed by atoms with Gasteiger partial charge in [-0.15, -0.1) is 0 Å². The summed E-state index contributed by atoms with van der Waals surface area (Å²) < 4.78 is 0. The van der Waals surface area contributed by atoms with E-state index in [0.29, 0.717) is 13.0 Å². The molecule has 4 nitrogen and oxygen atoms in total. The van der Waals surface area contributed by atoms with Crippen LogP contribution in [0, 0.1) is 0 Å². The minimum absolute atomic E-state index is 0.156. The van der Waals surface area contributed by atoms with Crippen LogP contribution in [0.3, 0.4) is 0 Å². The van der Waals surface area contributed by atoms with Gasteiger partial charge < -0.3 is 4.90 Å². The molecular weight excluding hydrogens is 192 g/mol. The van der Waals surface area contributed by atoms with Crippen molar-refractivity contribution >= 4 is 11.9 Å². The molecule has 1 fully saturated rings. The molecule has 1 saturated heterocycles. The quantitative estimate of drug-likeness (QED) is 0.707. The third-order valence-corrected chi connectivity index (χ3v) is 2.84. The molecule has 0 aromatic rings. The molecule has 0 spiro atoms. The van der Waals surface area contributed by atoms with E-state index in [9.17, 15) is 9.59 Å². The Morgan fingerprint density at radius 1 is 1.40 bits per heavy atom. The molecule has 1 unspecified atom stereocenters. The van der Waals surface area contributed by atoms with E-state index < -0.39 is 0 Å². The number of rotatable bonds is 5. The molecule has 1 heterocycles. The van der Waals surface area contributed by atoms with Crippen LogP contribution in [-0.4, -0.2) is 29.4 Å². The molecule has 0 radical (unpaired) electrons. The van der Waals surface area contributed by atoms with Gasteiger partial charge in [0.1, 0.15) is 0 Å². The van der Waals surface area contributed by atoms with Crippen molar-refractivity contribution in [2.45, 2.75) is 52.0 Å². The minimum atomic E-state index is -0.227. The van der Waals surface area contributed by atoms with Crippen LogP contribution in [0.2, 0.25) is 0 Å². The van der Waals surface area contributed by atoms with Gasteiger partial charge >= 0.3 is 6.03 Å². The number of hydrogen-bond acceptors (Lipinski definition) is 2. The summed E-state index contributed by atoms with van der Waals surface area (Å²) in [7, 11) is 0. The van der Waals surface area contributed by atoms with Crippen molar-refractivity contribution in [3.05, 3.63) is 0 Å². The molecule has 1 aliphatic rings. The molecule has 0 aliphatic carbocycles. The lowest BCUT2D eigenvalue weighted by molar-refractivity contribution is -0.121. The standard InChI is InChI=1S/C11H20N2O2/c1-3-4-5-6-9(2)13-8-7-10(14)12-11(13)15/h9H,3-8H2,1-2H3,(H,12,14,15). The fourth-order valence-electron chi connectivity index (χ4n) is 1.84. The van der Waals surface area contributed by atoms with E-state index in [2.05, 4.69) is 12.2 Å². The van der Waals surface area contributed by atoms with E-state index in [1.165, 1.54) is 12.8 Å². The van der Waals surface area contributed by atoms with Gasteiger partial charge in [-0.05, 0) is 13.3 Å². The normalized spacial score (nSPS) is 18.9. The molecule has 15 heavy (non-hydrogen) atoms. The maximum atomic E-state index is 11.5. The van der Waals surface area contributed by atoms with Crippen molar-refractivity contribution in [1.82, 2.24) is 10.2 Å². The van der Waals surface area contributed by atoms with Crippen molar-refractivity contribution in [3.8, 4) is 0 Å². The summed E-state index contributed by atoms with van der Waals surface area (Å²) in [5.74, 6) is -0.156. The maximum absolute atomic E-state index is 11.5. The number of nitrogens with one attached hydrogen (secondary N) is 1. The van der Waals surface area contributed by atoms with Crippen molar-refractivity contribution in [3.63, 3.8) is 0 Å². The predicted molar refractivity (Wildman–Crippen MR) is 58.5 cm³/mol. The van der Waals surface area contributed by atoms with Gasteiger partial charge in [-0.1, -0.05) is 26.2 Å². The second kappa shape index (κ2) is 5.73. The molecule has 0 aromatic carbocycles. The third kappa shape index (κ3) is 3.53. The van der Waals surface area contributed by atoms with Gasteiger partial charge in [0.2, 0.25) is 5.91 Å². The van der Waals surface area contributed by atoms with Gasteiger partial charge in [-0.3, -0.25) is 10.1 Å². The number of carbonyl (C=O) groups is 2. The smallest absolute Gasteiger partial charge is 0.321 e. The summed E-state index contributed by atoms with van der Waals surface area (Å²) in [6.45, 7) is 4.78. The van der Waals surface area contributed by atoms with Crippen LogP contribution in [-0.2, 0) is 4.79 Å². The van der Waals surface area contributed by atoms with Crippen molar-refractivity contribution in [2.75, 3.05) is 6.54 Å². The number of imide groups is 1. The van der Waals surface area contributed by atoms with E-state index in [4.69, 9.17) is 0 Å². The molecule has 1 rings (SSSR count). The SMILES string of the molecule is CCCCCC(C)N1CCC(=O)NC1=O. The zero-order chi connectivity index (χ0) is 11.3. The van der Waals surface area contributed by atoms with E-state index in [1.807, 2.05) is 6.92 Å². The summed E-state index contributed by atoms with van der Waals surface area (Å²) >= 11 is 0. The fraction of sp³-hybridized carbons (Fsp3) is 0.818. The zero-order valence-corrected chi connectivity index (χ0v) is 9.58. The maximum Gasteiger partial charge on any atom is 0.324 e. The minimum Gasteiger partial charge on any atom is -0.321 e. The molecule has 0 bridgehead atoms. The highest BCUT2D eigenvalue weighted by Gasteiger charge is 2.26. The van der Waals surface area contributed by atoms with Crippen LogP contribution in [0.5, 0.6) is 0 Å². The average molecular weight is 212 g/mol. The Morgan fingerprint density at radius 3 is 2.73 bits per heavy atom. The molecular formula is C11H20N2O2. The predicted octanol–water partition coefficient (Wildman–Crippen LogP) is 1.90. The Bertz CT molecular complexity index is 241. The first-order valence-corrected chi connectivity index (χ1v) is 5.75. The van der Waals surface area contributed by atoms with Crippen LogP contribution in [0.1, 0.15) is 46.0 Å². The van der Waals surface area contributed by atoms with Gasteiger partial charge in [0.05, 0.1) is 0 Å². The number of amides is 3. The van der Waals surface area contributed by atoms with Gasteiger partial charge in [0.15, 0.2) is 0 Å². The highest BCUT2D eigenvalue weighted by Crippen LogP contribution is 2.12. The molecule has 0 aromatic heterocycles. The Balaban J connectivity index is 2.35. The van der Waals surface area contributed by atoms with Crippen molar-refractivity contribution in [1.29, 1.82) is 0 Å². The molecule has 1 atom stereocenters. The highest BCUT2D eigenvalue weighted by molar-refractivity contribution is 5.96. The first-order valence-electron chi connectivity index (χ1n) is 5.75. The zero-order valence-electron chi connectivity index (χ0n) is 9.58. The number of unbranched alkanes of at least 4 members (excludes halogenated alkanes) is 2. The number of nitrogens with zero attached hydrogens (tertiary/aromatic N) is 1. The summed E-state index contributed by atoms with van der Waals surface area (Å²) in [4.78, 5) is 24.2. The van der Waals surface area contributed by atoms with E-state index >= 15 is 0 Å². The summed E-state index contributed by atoms with van der Waals surface area (Å²) in [5.41, 5.74) is 0. The first kappa shape index (κ1) is 12.0. The van der Waals surface area contributed by atoms with Gasteiger partial charge in [-0.25, -0.2) is 4.79 Å². The monoisotopic (exact) mass is 212 g/mol. The average Bonchev–Trinajstić information content (AvgIpc) is 2.17. The topological polar surface area (TPSA) is 49.4 Å². The molecule has 0 saturated carbocycles. The van der Waals surface area contributed by atoms with E-state index in [0.717, 1.165) is 12.8 Å². The summed E-state index contributed by atoms with van der Waals surface area (Å²) in [6, 6.07) is 0.0138. The summed E-state index contributed by atoms with van der Waals surface area (Å²) in [6.07, 6.45) is 5.00. The third-order valence-electron chi connectivity index (χ3n) is 2.84. The molecule has 86 valence electrons. The Labute approximate surface area is 91.0 Å². The molecule has 1 aliphatic heterocycles. The molecule has 3 amide bonds. The fourth-order valence-corrected chi connectivity index (χ4v) is 1.84. The summed E-state index contributed by atoms with van der Waals surface area (Å²) in [5, 5.41) is 2.35. The van der Waals surface area contributed by atoms with Crippen LogP contribution in [0.15, 0.2) is 0 Å². The second-order valence-electron chi connectivity index (χ2n) is 4.14. The largest absolute Gasteiger partial charge is 0.324 e. The number of carbonyl (C=O) groups excluding carboxylic acids is 2. The van der Waals surface area contributed by atoms with Crippen LogP contribution >= 0.6 is 0 Å². The van der Waals surface area contributed by atoms with Crippen LogP contribution in [0.25, 0.3) is 0 Å². The van der Waals surface area contributed by atoms with Crippen LogP contribution < -0.4 is 5.32 Å². The van der Waals surface area contributed by atoms with E-state index in [-0.39, 0.29) is 18.0 Å². The van der Waals surface area contributed by atoms with Gasteiger partial charge in [-0.2, -0.15) is 0 Å². The Kier molecular flexibility index (Phi) is 4.59. The lowest BCUT2D eigenvalue weighted by Gasteiger charge is -2.32. The lowest BCUT2D eigenvalue weighted by atomic mass is 10.1. The second-order valence-corrected chi connectivity index (χ2v) is 4.14. The number of hydrogen-bond donors (Lipinski definition) is 1. The van der Waals surface area contributed by atoms with Crippen LogP contribution in [0.4, 0.5) is 4.79 Å². The molecule has 1 N–H and O–H groups in total. The van der Waals surface area contributed by atoms with Crippen molar-refractivity contribution < 1.29 is 9.59 Å². The Hall–Kier alpha value is -1.06. The van der Waals surface area contributed by atoms with Gasteiger partial charge in [0, 0.05) is 19.0 Å². The van der Waals surface area contributed by atoms with Crippen molar-refractivity contribution in [2.24, 2.45) is 0 Å². The highest BCUT2D eigenvalue weighted by atomic mass is 16.2.